The van der Waals surface area contributed by atoms with Crippen LogP contribution in [0.4, 0.5) is 0 Å². The molecule has 0 radical (unpaired) electrons. The molecular formula is C27H38N4O5. The maximum Gasteiger partial charge on any atom is 0.323 e. The summed E-state index contributed by atoms with van der Waals surface area (Å²) in [6.07, 6.45) is 3.55. The van der Waals surface area contributed by atoms with Crippen molar-refractivity contribution >= 4 is 17.8 Å². The molecule has 1 aromatic carbocycles. The van der Waals surface area contributed by atoms with Crippen molar-refractivity contribution in [2.24, 2.45) is 11.7 Å². The number of nitrogens with zero attached hydrogens (tertiary/aromatic N) is 2. The zero-order valence-electron chi connectivity index (χ0n) is 22.1. The first-order valence-electron chi connectivity index (χ1n) is 12.4. The highest BCUT2D eigenvalue weighted by molar-refractivity contribution is 5.94. The molecule has 1 amide bonds. The molecule has 1 aliphatic rings. The number of esters is 2. The van der Waals surface area contributed by atoms with Crippen LogP contribution < -0.4 is 11.1 Å². The number of aryl methyl sites for hydroxylation is 1. The van der Waals surface area contributed by atoms with Gasteiger partial charge in [0.1, 0.15) is 23.1 Å². The molecule has 0 fully saturated rings. The van der Waals surface area contributed by atoms with Crippen LogP contribution in [-0.2, 0) is 32.0 Å². The smallest absolute Gasteiger partial charge is 0.323 e. The van der Waals surface area contributed by atoms with Crippen molar-refractivity contribution in [2.45, 2.75) is 84.6 Å². The van der Waals surface area contributed by atoms with Crippen LogP contribution in [0.2, 0.25) is 0 Å². The predicted octanol–water partition coefficient (Wildman–Crippen LogP) is 3.24. The molecule has 196 valence electrons. The Morgan fingerprint density at radius 1 is 1.08 bits per heavy atom. The Hall–Kier alpha value is -3.20. The number of nitrogens with one attached hydrogen (secondary N) is 1. The number of benzene rings is 1. The molecule has 0 saturated carbocycles. The fourth-order valence-electron chi connectivity index (χ4n) is 4.03. The van der Waals surface area contributed by atoms with Gasteiger partial charge in [0, 0.05) is 42.8 Å². The number of nitrogens with two attached hydrogens (primary N) is 1. The molecule has 2 unspecified atom stereocenters. The molecule has 3 rings (SSSR count). The third-order valence-electron chi connectivity index (χ3n) is 5.69. The summed E-state index contributed by atoms with van der Waals surface area (Å²) in [5, 5.41) is 2.74. The van der Waals surface area contributed by atoms with E-state index in [1.54, 1.807) is 32.9 Å². The second-order valence-electron chi connectivity index (χ2n) is 11.2. The second kappa shape index (κ2) is 10.8. The molecule has 3 N–H and O–H groups in total. The van der Waals surface area contributed by atoms with Gasteiger partial charge < -0.3 is 25.1 Å². The normalized spacial score (nSPS) is 16.6. The third kappa shape index (κ3) is 7.65. The lowest BCUT2D eigenvalue weighted by Gasteiger charge is -2.29. The van der Waals surface area contributed by atoms with E-state index in [2.05, 4.69) is 5.32 Å². The summed E-state index contributed by atoms with van der Waals surface area (Å²) in [4.78, 5) is 41.4. The molecule has 1 aliphatic heterocycles. The molecule has 9 nitrogen and oxygen atoms in total. The number of hydrogen-bond donors (Lipinski definition) is 2. The van der Waals surface area contributed by atoms with Crippen molar-refractivity contribution in [3.63, 3.8) is 0 Å². The highest BCUT2D eigenvalue weighted by Crippen LogP contribution is 2.27. The van der Waals surface area contributed by atoms with Gasteiger partial charge in [0.05, 0.1) is 12.1 Å². The number of carbonyl (C=O) groups is 3. The Bertz CT molecular complexity index is 1090. The van der Waals surface area contributed by atoms with E-state index in [1.807, 2.05) is 43.7 Å². The van der Waals surface area contributed by atoms with Crippen molar-refractivity contribution in [3.8, 4) is 11.3 Å². The Morgan fingerprint density at radius 3 is 2.33 bits per heavy atom. The van der Waals surface area contributed by atoms with E-state index >= 15 is 0 Å². The fraction of sp³-hybridized carbons (Fsp3) is 0.556. The van der Waals surface area contributed by atoms with Gasteiger partial charge in [0.2, 0.25) is 0 Å². The van der Waals surface area contributed by atoms with Crippen LogP contribution in [0.1, 0.15) is 70.6 Å². The number of hydrogen-bond acceptors (Lipinski definition) is 7. The zero-order chi connectivity index (χ0) is 26.7. The first kappa shape index (κ1) is 27.4. The van der Waals surface area contributed by atoms with Gasteiger partial charge in [0.15, 0.2) is 0 Å². The van der Waals surface area contributed by atoms with E-state index in [-0.39, 0.29) is 36.7 Å². The molecule has 0 aliphatic carbocycles. The van der Waals surface area contributed by atoms with E-state index in [9.17, 15) is 14.4 Å². The molecule has 0 spiro atoms. The first-order chi connectivity index (χ1) is 16.7. The summed E-state index contributed by atoms with van der Waals surface area (Å²) < 4.78 is 12.7. The Balaban J connectivity index is 1.57. The number of fused-ring (bicyclic) bond motifs is 1. The molecule has 2 atom stereocenters. The quantitative estimate of drug-likeness (QED) is 0.561. The van der Waals surface area contributed by atoms with Gasteiger partial charge in [-0.25, -0.2) is 4.98 Å². The standard InChI is InChI=1S/C27H38N4O5/c1-26(2,3)35-22(32)13-14-29-24(33)18-9-7-17(8-10-18)20-16-31-15-19(11-12-21(31)30-20)23(28)25(34)36-27(4,5)6/h7-10,16,19,23H,11-15,28H2,1-6H3,(H,29,33). The average Bonchev–Trinajstić information content (AvgIpc) is 3.19. The Kier molecular flexibility index (Phi) is 8.23. The second-order valence-corrected chi connectivity index (χ2v) is 11.2. The summed E-state index contributed by atoms with van der Waals surface area (Å²) in [7, 11) is 0. The predicted molar refractivity (Wildman–Crippen MR) is 136 cm³/mol. The minimum atomic E-state index is -0.684. The van der Waals surface area contributed by atoms with Gasteiger partial charge in [0.25, 0.3) is 5.91 Å². The van der Waals surface area contributed by atoms with Crippen LogP contribution in [-0.4, -0.2) is 51.2 Å². The number of carbonyl (C=O) groups excluding carboxylic acids is 3. The van der Waals surface area contributed by atoms with Gasteiger partial charge in [-0.3, -0.25) is 14.4 Å². The molecule has 36 heavy (non-hydrogen) atoms. The largest absolute Gasteiger partial charge is 0.460 e. The van der Waals surface area contributed by atoms with Crippen LogP contribution in [0, 0.1) is 5.92 Å². The summed E-state index contributed by atoms with van der Waals surface area (Å²) in [5.41, 5.74) is 7.29. The molecular weight excluding hydrogens is 460 g/mol. The molecule has 9 heteroatoms. The van der Waals surface area contributed by atoms with E-state index < -0.39 is 17.2 Å². The number of rotatable bonds is 7. The summed E-state index contributed by atoms with van der Waals surface area (Å²) in [5.74, 6) is -0.0663. The van der Waals surface area contributed by atoms with Crippen LogP contribution in [0.15, 0.2) is 30.5 Å². The van der Waals surface area contributed by atoms with Gasteiger partial charge in [-0.2, -0.15) is 0 Å². The Labute approximate surface area is 212 Å². The topological polar surface area (TPSA) is 126 Å². The Morgan fingerprint density at radius 2 is 1.72 bits per heavy atom. The van der Waals surface area contributed by atoms with Gasteiger partial charge >= 0.3 is 11.9 Å². The van der Waals surface area contributed by atoms with E-state index in [1.165, 1.54) is 0 Å². The number of amides is 1. The van der Waals surface area contributed by atoms with Crippen molar-refractivity contribution in [1.82, 2.24) is 14.9 Å². The molecule has 2 aromatic rings. The van der Waals surface area contributed by atoms with Gasteiger partial charge in [-0.15, -0.1) is 0 Å². The fourth-order valence-corrected chi connectivity index (χ4v) is 4.03. The van der Waals surface area contributed by atoms with Crippen molar-refractivity contribution in [1.29, 1.82) is 0 Å². The maximum atomic E-state index is 12.4. The lowest BCUT2D eigenvalue weighted by molar-refractivity contribution is -0.158. The molecule has 0 bridgehead atoms. The van der Waals surface area contributed by atoms with Crippen LogP contribution in [0.3, 0.4) is 0 Å². The van der Waals surface area contributed by atoms with Crippen LogP contribution in [0.5, 0.6) is 0 Å². The third-order valence-corrected chi connectivity index (χ3v) is 5.69. The average molecular weight is 499 g/mol. The SMILES string of the molecule is CC(C)(C)OC(=O)CCNC(=O)c1ccc(-c2cn3c(n2)CCC(C(N)C(=O)OC(C)(C)C)C3)cc1. The number of ether oxygens (including phenoxy) is 2. The molecule has 0 saturated heterocycles. The lowest BCUT2D eigenvalue weighted by Crippen LogP contribution is -2.45. The maximum absolute atomic E-state index is 12.4. The van der Waals surface area contributed by atoms with Crippen molar-refractivity contribution < 1.29 is 23.9 Å². The lowest BCUT2D eigenvalue weighted by atomic mass is 9.92. The molecule has 1 aromatic heterocycles. The van der Waals surface area contributed by atoms with Crippen LogP contribution >= 0.6 is 0 Å². The highest BCUT2D eigenvalue weighted by Gasteiger charge is 2.32. The highest BCUT2D eigenvalue weighted by atomic mass is 16.6. The number of aromatic nitrogens is 2. The zero-order valence-corrected chi connectivity index (χ0v) is 22.1. The van der Waals surface area contributed by atoms with E-state index in [0.717, 1.165) is 29.9 Å². The molecule has 2 heterocycles. The summed E-state index contributed by atoms with van der Waals surface area (Å²) in [6, 6.07) is 6.48. The van der Waals surface area contributed by atoms with Crippen molar-refractivity contribution in [2.75, 3.05) is 6.54 Å². The summed E-state index contributed by atoms with van der Waals surface area (Å²) >= 11 is 0. The first-order valence-corrected chi connectivity index (χ1v) is 12.4. The monoisotopic (exact) mass is 498 g/mol. The van der Waals surface area contributed by atoms with Gasteiger partial charge in [-0.1, -0.05) is 12.1 Å². The minimum absolute atomic E-state index is 0.0267. The van der Waals surface area contributed by atoms with E-state index in [4.69, 9.17) is 20.2 Å². The van der Waals surface area contributed by atoms with Gasteiger partial charge in [-0.05, 0) is 60.1 Å². The van der Waals surface area contributed by atoms with Crippen molar-refractivity contribution in [3.05, 3.63) is 41.9 Å². The number of imidazole rings is 1. The van der Waals surface area contributed by atoms with E-state index in [0.29, 0.717) is 12.1 Å². The minimum Gasteiger partial charge on any atom is -0.460 e. The summed E-state index contributed by atoms with van der Waals surface area (Å²) in [6.45, 7) is 11.7. The van der Waals surface area contributed by atoms with Crippen LogP contribution in [0.25, 0.3) is 11.3 Å².